The summed E-state index contributed by atoms with van der Waals surface area (Å²) in [7, 11) is 0. The molecule has 0 aliphatic carbocycles. The lowest BCUT2D eigenvalue weighted by molar-refractivity contribution is -0.149. The van der Waals surface area contributed by atoms with Crippen molar-refractivity contribution in [3.8, 4) is 0 Å². The minimum atomic E-state index is 0.0477. The zero-order valence-electron chi connectivity index (χ0n) is 24.1. The Morgan fingerprint density at radius 3 is 1.26 bits per heavy atom. The van der Waals surface area contributed by atoms with Gasteiger partial charge in [0.25, 0.3) is 0 Å². The van der Waals surface area contributed by atoms with Crippen molar-refractivity contribution in [1.29, 1.82) is 0 Å². The maximum absolute atomic E-state index is 12.5. The van der Waals surface area contributed by atoms with Crippen LogP contribution in [-0.2, 0) is 9.53 Å². The molecule has 0 saturated heterocycles. The van der Waals surface area contributed by atoms with Crippen LogP contribution in [0.3, 0.4) is 0 Å². The van der Waals surface area contributed by atoms with Crippen LogP contribution < -0.4 is 0 Å². The maximum Gasteiger partial charge on any atom is 0.308 e. The first kappa shape index (κ1) is 33.5. The molecule has 0 aliphatic rings. The van der Waals surface area contributed by atoms with E-state index in [1.807, 2.05) is 0 Å². The molecule has 0 spiro atoms. The fourth-order valence-corrected chi connectivity index (χ4v) is 4.96. The first-order chi connectivity index (χ1) is 16.7. The second kappa shape index (κ2) is 27.1. The summed E-state index contributed by atoms with van der Waals surface area (Å²) in [6.45, 7) is 9.55. The summed E-state index contributed by atoms with van der Waals surface area (Å²) in [5.41, 5.74) is 0. The highest BCUT2D eigenvalue weighted by Crippen LogP contribution is 2.21. The van der Waals surface area contributed by atoms with Crippen molar-refractivity contribution in [2.45, 2.75) is 182 Å². The molecule has 2 unspecified atom stereocenters. The Hall–Kier alpha value is -0.530. The monoisotopic (exact) mass is 480 g/mol. The van der Waals surface area contributed by atoms with Gasteiger partial charge in [-0.1, -0.05) is 163 Å². The van der Waals surface area contributed by atoms with Crippen molar-refractivity contribution in [2.24, 2.45) is 11.8 Å². The van der Waals surface area contributed by atoms with E-state index < -0.39 is 0 Å². The summed E-state index contributed by atoms with van der Waals surface area (Å²) >= 11 is 0. The van der Waals surface area contributed by atoms with Crippen molar-refractivity contribution in [1.82, 2.24) is 0 Å². The number of carbonyl (C=O) groups is 1. The molecule has 0 aromatic carbocycles. The minimum Gasteiger partial charge on any atom is -0.465 e. The lowest BCUT2D eigenvalue weighted by Gasteiger charge is -2.19. The summed E-state index contributed by atoms with van der Waals surface area (Å²) in [5.74, 6) is 0.681. The van der Waals surface area contributed by atoms with Gasteiger partial charge >= 0.3 is 5.97 Å². The highest BCUT2D eigenvalue weighted by Gasteiger charge is 2.17. The van der Waals surface area contributed by atoms with Gasteiger partial charge in [0.15, 0.2) is 0 Å². The van der Waals surface area contributed by atoms with Crippen LogP contribution in [0.2, 0.25) is 0 Å². The van der Waals surface area contributed by atoms with Gasteiger partial charge in [0.2, 0.25) is 0 Å². The normalized spacial score (nSPS) is 13.2. The smallest absolute Gasteiger partial charge is 0.308 e. The first-order valence-electron chi connectivity index (χ1n) is 15.8. The third-order valence-corrected chi connectivity index (χ3v) is 7.54. The van der Waals surface area contributed by atoms with Crippen LogP contribution in [0, 0.1) is 11.8 Å². The van der Waals surface area contributed by atoms with Gasteiger partial charge < -0.3 is 4.74 Å². The van der Waals surface area contributed by atoms with Gasteiger partial charge in [-0.05, 0) is 25.2 Å². The van der Waals surface area contributed by atoms with Crippen LogP contribution in [0.25, 0.3) is 0 Å². The van der Waals surface area contributed by atoms with Crippen molar-refractivity contribution < 1.29 is 9.53 Å². The van der Waals surface area contributed by atoms with Gasteiger partial charge in [0, 0.05) is 0 Å². The van der Waals surface area contributed by atoms with Crippen LogP contribution in [0.1, 0.15) is 182 Å². The Morgan fingerprint density at radius 2 is 0.824 bits per heavy atom. The van der Waals surface area contributed by atoms with Crippen LogP contribution in [0.4, 0.5) is 0 Å². The predicted octanol–water partition coefficient (Wildman–Crippen LogP) is 11.2. The predicted molar refractivity (Wildman–Crippen MR) is 151 cm³/mol. The number of unbranched alkanes of at least 4 members (excludes halogenated alkanes) is 18. The maximum atomic E-state index is 12.5. The number of ether oxygens (including phenoxy) is 1. The van der Waals surface area contributed by atoms with Crippen LogP contribution in [0.5, 0.6) is 0 Å². The minimum absolute atomic E-state index is 0.0477. The molecule has 0 rings (SSSR count). The van der Waals surface area contributed by atoms with E-state index in [2.05, 4.69) is 27.7 Å². The third-order valence-electron chi connectivity index (χ3n) is 7.54. The van der Waals surface area contributed by atoms with Gasteiger partial charge in [0.05, 0.1) is 12.5 Å². The number of esters is 1. The highest BCUT2D eigenvalue weighted by molar-refractivity contribution is 5.71. The first-order valence-corrected chi connectivity index (χ1v) is 15.8. The molecule has 0 fully saturated rings. The molecule has 2 atom stereocenters. The van der Waals surface area contributed by atoms with Crippen molar-refractivity contribution in [3.05, 3.63) is 0 Å². The Kier molecular flexibility index (Phi) is 26.6. The van der Waals surface area contributed by atoms with Crippen LogP contribution in [-0.4, -0.2) is 12.6 Å². The van der Waals surface area contributed by atoms with E-state index in [1.165, 1.54) is 148 Å². The van der Waals surface area contributed by atoms with Crippen LogP contribution >= 0.6 is 0 Å². The molecule has 0 aromatic rings. The second-order valence-corrected chi connectivity index (χ2v) is 11.1. The lowest BCUT2D eigenvalue weighted by atomic mass is 9.95. The Morgan fingerprint density at radius 1 is 0.500 bits per heavy atom. The zero-order valence-corrected chi connectivity index (χ0v) is 24.1. The van der Waals surface area contributed by atoms with E-state index >= 15 is 0 Å². The number of rotatable bonds is 27. The largest absolute Gasteiger partial charge is 0.465 e. The molecule has 2 heteroatoms. The van der Waals surface area contributed by atoms with Gasteiger partial charge in [-0.15, -0.1) is 0 Å². The standard InChI is InChI=1S/C32H64O2/c1-5-8-11-13-15-17-18-20-22-25-28-31(27-23-10-7-3)29-34-32(33)30(4)26-24-21-19-16-14-12-9-6-2/h30-31H,5-29H2,1-4H3. The van der Waals surface area contributed by atoms with E-state index in [0.29, 0.717) is 12.5 Å². The zero-order chi connectivity index (χ0) is 25.1. The number of hydrogen-bond acceptors (Lipinski definition) is 2. The Labute approximate surface area is 215 Å². The highest BCUT2D eigenvalue weighted by atomic mass is 16.5. The second-order valence-electron chi connectivity index (χ2n) is 11.1. The molecule has 0 aliphatic heterocycles. The van der Waals surface area contributed by atoms with Crippen molar-refractivity contribution in [2.75, 3.05) is 6.61 Å². The van der Waals surface area contributed by atoms with Gasteiger partial charge in [0.1, 0.15) is 0 Å². The third kappa shape index (κ3) is 23.2. The molecule has 34 heavy (non-hydrogen) atoms. The van der Waals surface area contributed by atoms with E-state index in [0.717, 1.165) is 6.42 Å². The molecule has 0 saturated carbocycles. The van der Waals surface area contributed by atoms with Gasteiger partial charge in [-0.25, -0.2) is 0 Å². The summed E-state index contributed by atoms with van der Waals surface area (Å²) in [6.07, 6.45) is 31.7. The molecule has 0 N–H and O–H groups in total. The summed E-state index contributed by atoms with van der Waals surface area (Å²) < 4.78 is 5.82. The molecule has 204 valence electrons. The van der Waals surface area contributed by atoms with E-state index in [-0.39, 0.29) is 11.9 Å². The summed E-state index contributed by atoms with van der Waals surface area (Å²) in [5, 5.41) is 0. The molecule has 0 bridgehead atoms. The molecule has 0 radical (unpaired) electrons. The quantitative estimate of drug-likeness (QED) is 0.0862. The molecule has 0 amide bonds. The van der Waals surface area contributed by atoms with Crippen LogP contribution in [0.15, 0.2) is 0 Å². The van der Waals surface area contributed by atoms with Crippen molar-refractivity contribution >= 4 is 5.97 Å². The Balaban J connectivity index is 3.93. The molecule has 2 nitrogen and oxygen atoms in total. The van der Waals surface area contributed by atoms with Gasteiger partial charge in [-0.2, -0.15) is 0 Å². The number of carbonyl (C=O) groups excluding carboxylic acids is 1. The molecule has 0 aromatic heterocycles. The Bertz CT molecular complexity index is 406. The fourth-order valence-electron chi connectivity index (χ4n) is 4.96. The SMILES string of the molecule is CCCCCCCCCCCCC(CCCCC)COC(=O)C(C)CCCCCCCCCC. The van der Waals surface area contributed by atoms with E-state index in [1.54, 1.807) is 0 Å². The molecular formula is C32H64O2. The topological polar surface area (TPSA) is 26.3 Å². The lowest BCUT2D eigenvalue weighted by Crippen LogP contribution is -2.19. The van der Waals surface area contributed by atoms with Crippen molar-refractivity contribution in [3.63, 3.8) is 0 Å². The molecule has 0 heterocycles. The average molecular weight is 481 g/mol. The summed E-state index contributed by atoms with van der Waals surface area (Å²) in [4.78, 5) is 12.5. The average Bonchev–Trinajstić information content (AvgIpc) is 2.84. The summed E-state index contributed by atoms with van der Waals surface area (Å²) in [6, 6.07) is 0. The number of hydrogen-bond donors (Lipinski definition) is 0. The van der Waals surface area contributed by atoms with E-state index in [4.69, 9.17) is 4.74 Å². The molecular weight excluding hydrogens is 416 g/mol. The van der Waals surface area contributed by atoms with Gasteiger partial charge in [-0.3, -0.25) is 4.79 Å². The fraction of sp³-hybridized carbons (Fsp3) is 0.969. The van der Waals surface area contributed by atoms with E-state index in [9.17, 15) is 4.79 Å².